The summed E-state index contributed by atoms with van der Waals surface area (Å²) in [6.45, 7) is 1.62. The van der Waals surface area contributed by atoms with Crippen molar-refractivity contribution in [1.29, 1.82) is 0 Å². The van der Waals surface area contributed by atoms with E-state index in [1.165, 1.54) is 12.8 Å². The van der Waals surface area contributed by atoms with Crippen molar-refractivity contribution in [2.75, 3.05) is 30.9 Å². The minimum absolute atomic E-state index is 0.634. The predicted octanol–water partition coefficient (Wildman–Crippen LogP) is 1.28. The number of anilines is 2. The number of hydrogen-bond acceptors (Lipinski definition) is 4. The Hall–Kier alpha value is -1.29. The van der Waals surface area contributed by atoms with Gasteiger partial charge in [0.15, 0.2) is 0 Å². The smallest absolute Gasteiger partial charge is 0.130 e. The minimum atomic E-state index is 0.634. The van der Waals surface area contributed by atoms with Gasteiger partial charge in [-0.3, -0.25) is 0 Å². The van der Waals surface area contributed by atoms with Crippen LogP contribution in [0.25, 0.3) is 0 Å². The molecular formula is C11H17N3O. The molecule has 4 heteroatoms. The van der Waals surface area contributed by atoms with Crippen molar-refractivity contribution in [3.8, 4) is 0 Å². The molecule has 0 amide bonds. The number of nitrogens with two attached hydrogens (primary N) is 1. The fraction of sp³-hybridized carbons (Fsp3) is 0.545. The van der Waals surface area contributed by atoms with Gasteiger partial charge in [0.05, 0.1) is 6.61 Å². The molecule has 1 fully saturated rings. The molecule has 1 aromatic rings. The molecule has 0 aliphatic heterocycles. The van der Waals surface area contributed by atoms with Gasteiger partial charge in [-0.25, -0.2) is 4.98 Å². The maximum absolute atomic E-state index is 5.75. The number of rotatable bonds is 5. The van der Waals surface area contributed by atoms with Crippen LogP contribution in [0.15, 0.2) is 18.3 Å². The van der Waals surface area contributed by atoms with Gasteiger partial charge < -0.3 is 15.4 Å². The molecule has 0 radical (unpaired) electrons. The molecule has 2 N–H and O–H groups in total. The van der Waals surface area contributed by atoms with Crippen LogP contribution in [0.3, 0.4) is 0 Å². The van der Waals surface area contributed by atoms with E-state index in [1.807, 2.05) is 12.1 Å². The first-order valence-electron chi connectivity index (χ1n) is 5.28. The van der Waals surface area contributed by atoms with E-state index in [0.717, 1.165) is 24.7 Å². The lowest BCUT2D eigenvalue weighted by molar-refractivity contribution is 0.204. The molecule has 0 atom stereocenters. The van der Waals surface area contributed by atoms with E-state index in [1.54, 1.807) is 13.3 Å². The van der Waals surface area contributed by atoms with Crippen molar-refractivity contribution in [3.05, 3.63) is 18.3 Å². The SMILES string of the molecule is COCCN(c1cc(N)ccn1)C1CC1. The highest BCUT2D eigenvalue weighted by molar-refractivity contribution is 5.51. The van der Waals surface area contributed by atoms with Gasteiger partial charge in [-0.2, -0.15) is 0 Å². The summed E-state index contributed by atoms with van der Waals surface area (Å²) in [5, 5.41) is 0. The molecule has 1 saturated carbocycles. The number of pyridine rings is 1. The van der Waals surface area contributed by atoms with E-state index in [2.05, 4.69) is 9.88 Å². The Morgan fingerprint density at radius 1 is 1.60 bits per heavy atom. The molecule has 1 aliphatic carbocycles. The predicted molar refractivity (Wildman–Crippen MR) is 60.9 cm³/mol. The third kappa shape index (κ3) is 2.59. The highest BCUT2D eigenvalue weighted by Gasteiger charge is 2.29. The van der Waals surface area contributed by atoms with Gasteiger partial charge in [-0.05, 0) is 18.9 Å². The maximum atomic E-state index is 5.75. The van der Waals surface area contributed by atoms with E-state index < -0.39 is 0 Å². The van der Waals surface area contributed by atoms with Gasteiger partial charge in [0.1, 0.15) is 5.82 Å². The summed E-state index contributed by atoms with van der Waals surface area (Å²) in [4.78, 5) is 6.62. The maximum Gasteiger partial charge on any atom is 0.130 e. The second-order valence-electron chi connectivity index (χ2n) is 3.86. The Morgan fingerprint density at radius 3 is 3.00 bits per heavy atom. The van der Waals surface area contributed by atoms with Crippen LogP contribution in [0, 0.1) is 0 Å². The summed E-state index contributed by atoms with van der Waals surface area (Å²) >= 11 is 0. The molecule has 4 nitrogen and oxygen atoms in total. The molecule has 0 aromatic carbocycles. The molecule has 1 heterocycles. The van der Waals surface area contributed by atoms with Crippen molar-refractivity contribution >= 4 is 11.5 Å². The Labute approximate surface area is 90.0 Å². The third-order valence-corrected chi connectivity index (χ3v) is 2.59. The van der Waals surface area contributed by atoms with Gasteiger partial charge in [-0.15, -0.1) is 0 Å². The van der Waals surface area contributed by atoms with Gasteiger partial charge >= 0.3 is 0 Å². The Bertz CT molecular complexity index is 325. The van der Waals surface area contributed by atoms with Crippen LogP contribution >= 0.6 is 0 Å². The van der Waals surface area contributed by atoms with E-state index in [9.17, 15) is 0 Å². The van der Waals surface area contributed by atoms with Crippen LogP contribution < -0.4 is 10.6 Å². The largest absolute Gasteiger partial charge is 0.399 e. The lowest BCUT2D eigenvalue weighted by Gasteiger charge is -2.23. The Kier molecular flexibility index (Phi) is 3.06. The first kappa shape index (κ1) is 10.2. The van der Waals surface area contributed by atoms with Crippen molar-refractivity contribution in [2.45, 2.75) is 18.9 Å². The quantitative estimate of drug-likeness (QED) is 0.790. The van der Waals surface area contributed by atoms with Crippen molar-refractivity contribution in [1.82, 2.24) is 4.98 Å². The zero-order valence-electron chi connectivity index (χ0n) is 9.02. The average molecular weight is 207 g/mol. The van der Waals surface area contributed by atoms with E-state index in [0.29, 0.717) is 6.04 Å². The second kappa shape index (κ2) is 4.49. The second-order valence-corrected chi connectivity index (χ2v) is 3.86. The minimum Gasteiger partial charge on any atom is -0.399 e. The molecule has 2 rings (SSSR count). The van der Waals surface area contributed by atoms with Crippen LogP contribution in [0.1, 0.15) is 12.8 Å². The monoisotopic (exact) mass is 207 g/mol. The standard InChI is InChI=1S/C11H17N3O/c1-15-7-6-14(10-2-3-10)11-8-9(12)4-5-13-11/h4-5,8,10H,2-3,6-7H2,1H3,(H2,12,13). The molecule has 0 saturated heterocycles. The van der Waals surface area contributed by atoms with Crippen LogP contribution in [0.4, 0.5) is 11.5 Å². The van der Waals surface area contributed by atoms with Crippen LogP contribution in [0.2, 0.25) is 0 Å². The summed E-state index contributed by atoms with van der Waals surface area (Å²) in [7, 11) is 1.72. The zero-order chi connectivity index (χ0) is 10.7. The first-order chi connectivity index (χ1) is 7.31. The number of nitrogens with zero attached hydrogens (tertiary/aromatic N) is 2. The molecule has 82 valence electrons. The summed E-state index contributed by atoms with van der Waals surface area (Å²) < 4.78 is 5.10. The summed E-state index contributed by atoms with van der Waals surface area (Å²) in [6, 6.07) is 4.37. The lowest BCUT2D eigenvalue weighted by atomic mass is 10.3. The Balaban J connectivity index is 2.09. The van der Waals surface area contributed by atoms with E-state index in [4.69, 9.17) is 10.5 Å². The van der Waals surface area contributed by atoms with Crippen LogP contribution in [-0.4, -0.2) is 31.3 Å². The average Bonchev–Trinajstić information content (AvgIpc) is 3.03. The van der Waals surface area contributed by atoms with Crippen molar-refractivity contribution in [2.24, 2.45) is 0 Å². The molecule has 1 aliphatic rings. The molecule has 15 heavy (non-hydrogen) atoms. The summed E-state index contributed by atoms with van der Waals surface area (Å²) in [6.07, 6.45) is 4.26. The van der Waals surface area contributed by atoms with Crippen molar-refractivity contribution < 1.29 is 4.74 Å². The van der Waals surface area contributed by atoms with Gasteiger partial charge in [-0.1, -0.05) is 0 Å². The normalized spacial score (nSPS) is 15.3. The van der Waals surface area contributed by atoms with Gasteiger partial charge in [0, 0.05) is 37.6 Å². The number of hydrogen-bond donors (Lipinski definition) is 1. The molecule has 0 bridgehead atoms. The molecule has 0 unspecified atom stereocenters. The number of methoxy groups -OCH3 is 1. The summed E-state index contributed by atoms with van der Waals surface area (Å²) in [5.74, 6) is 0.967. The lowest BCUT2D eigenvalue weighted by Crippen LogP contribution is -2.30. The fourth-order valence-corrected chi connectivity index (χ4v) is 1.65. The fourth-order valence-electron chi connectivity index (χ4n) is 1.65. The molecular weight excluding hydrogens is 190 g/mol. The van der Waals surface area contributed by atoms with Crippen molar-refractivity contribution in [3.63, 3.8) is 0 Å². The van der Waals surface area contributed by atoms with E-state index in [-0.39, 0.29) is 0 Å². The zero-order valence-corrected chi connectivity index (χ0v) is 9.02. The molecule has 1 aromatic heterocycles. The van der Waals surface area contributed by atoms with Crippen LogP contribution in [-0.2, 0) is 4.74 Å². The van der Waals surface area contributed by atoms with Gasteiger partial charge in [0.25, 0.3) is 0 Å². The third-order valence-electron chi connectivity index (χ3n) is 2.59. The topological polar surface area (TPSA) is 51.4 Å². The first-order valence-corrected chi connectivity index (χ1v) is 5.28. The summed E-state index contributed by atoms with van der Waals surface area (Å²) in [5.41, 5.74) is 6.51. The highest BCUT2D eigenvalue weighted by atomic mass is 16.5. The number of ether oxygens (including phenoxy) is 1. The number of aromatic nitrogens is 1. The highest BCUT2D eigenvalue weighted by Crippen LogP contribution is 2.30. The van der Waals surface area contributed by atoms with E-state index >= 15 is 0 Å². The van der Waals surface area contributed by atoms with Crippen LogP contribution in [0.5, 0.6) is 0 Å². The molecule has 0 spiro atoms. The van der Waals surface area contributed by atoms with Gasteiger partial charge in [0.2, 0.25) is 0 Å². The number of nitrogen functional groups attached to an aromatic ring is 1. The Morgan fingerprint density at radius 2 is 2.40 bits per heavy atom.